The maximum Gasteiger partial charge on any atom is 0.260 e. The number of nitrogens with zero attached hydrogens (tertiary/aromatic N) is 2. The fourth-order valence-corrected chi connectivity index (χ4v) is 3.88. The third-order valence-electron chi connectivity index (χ3n) is 4.25. The van der Waals surface area contributed by atoms with E-state index in [0.29, 0.717) is 27.7 Å². The van der Waals surface area contributed by atoms with Crippen molar-refractivity contribution in [2.45, 2.75) is 6.42 Å². The number of rotatable bonds is 7. The Hall–Kier alpha value is -2.58. The molecule has 0 atom stereocenters. The highest BCUT2D eigenvalue weighted by Gasteiger charge is 2.23. The molecule has 3 rings (SSSR count). The summed E-state index contributed by atoms with van der Waals surface area (Å²) in [6, 6.07) is 8.88. The molecule has 5 nitrogen and oxygen atoms in total. The quantitative estimate of drug-likeness (QED) is 0.656. The molecule has 0 radical (unpaired) electrons. The van der Waals surface area contributed by atoms with E-state index in [1.165, 1.54) is 23.0 Å². The zero-order valence-corrected chi connectivity index (χ0v) is 16.8. The van der Waals surface area contributed by atoms with Gasteiger partial charge in [-0.15, -0.1) is 0 Å². The Morgan fingerprint density at radius 1 is 1.25 bits per heavy atom. The Morgan fingerprint density at radius 2 is 2.04 bits per heavy atom. The van der Waals surface area contributed by atoms with Gasteiger partial charge in [-0.1, -0.05) is 17.4 Å². The Morgan fingerprint density at radius 3 is 2.75 bits per heavy atom. The molecular weight excluding hydrogens is 384 g/mol. The van der Waals surface area contributed by atoms with Crippen molar-refractivity contribution in [1.29, 1.82) is 0 Å². The highest BCUT2D eigenvalue weighted by molar-refractivity contribution is 7.22. The van der Waals surface area contributed by atoms with Gasteiger partial charge in [0.25, 0.3) is 5.91 Å². The number of hydrogen-bond donors (Lipinski definition) is 1. The first-order valence-electron chi connectivity index (χ1n) is 8.89. The zero-order chi connectivity index (χ0) is 20.3. The SMILES string of the molecule is COc1cccc(C(=O)N(CCC[NH+](C)C)c2nc3c(F)cc(F)cc3s2)c1. The Kier molecular flexibility index (Phi) is 6.21. The van der Waals surface area contributed by atoms with Gasteiger partial charge in [0.1, 0.15) is 17.1 Å². The van der Waals surface area contributed by atoms with Crippen molar-refractivity contribution in [3.63, 3.8) is 0 Å². The Bertz CT molecular complexity index is 991. The molecule has 28 heavy (non-hydrogen) atoms. The lowest BCUT2D eigenvalue weighted by molar-refractivity contribution is -0.858. The van der Waals surface area contributed by atoms with E-state index < -0.39 is 11.6 Å². The van der Waals surface area contributed by atoms with E-state index in [1.807, 2.05) is 14.1 Å². The maximum absolute atomic E-state index is 14.1. The van der Waals surface area contributed by atoms with Crippen LogP contribution in [0.5, 0.6) is 5.75 Å². The van der Waals surface area contributed by atoms with Crippen molar-refractivity contribution >= 4 is 32.6 Å². The van der Waals surface area contributed by atoms with E-state index in [1.54, 1.807) is 24.3 Å². The number of quaternary nitrogens is 1. The number of aromatic nitrogens is 1. The van der Waals surface area contributed by atoms with Crippen molar-refractivity contribution < 1.29 is 23.2 Å². The molecule has 1 heterocycles. The molecule has 0 saturated heterocycles. The summed E-state index contributed by atoms with van der Waals surface area (Å²) >= 11 is 1.10. The molecule has 0 aliphatic rings. The summed E-state index contributed by atoms with van der Waals surface area (Å²) in [6.45, 7) is 1.28. The predicted octanol–water partition coefficient (Wildman–Crippen LogP) is 2.76. The van der Waals surface area contributed by atoms with E-state index in [2.05, 4.69) is 4.98 Å². The van der Waals surface area contributed by atoms with Crippen molar-refractivity contribution in [3.8, 4) is 5.75 Å². The van der Waals surface area contributed by atoms with Gasteiger partial charge in [0, 0.05) is 24.6 Å². The molecule has 1 N–H and O–H groups in total. The number of fused-ring (bicyclic) bond motifs is 1. The number of carbonyl (C=O) groups excluding carboxylic acids is 1. The molecule has 1 amide bonds. The van der Waals surface area contributed by atoms with Crippen LogP contribution >= 0.6 is 11.3 Å². The number of hydrogen-bond acceptors (Lipinski definition) is 4. The van der Waals surface area contributed by atoms with Crippen LogP contribution in [0.25, 0.3) is 10.2 Å². The summed E-state index contributed by atoms with van der Waals surface area (Å²) < 4.78 is 33.2. The smallest absolute Gasteiger partial charge is 0.260 e. The summed E-state index contributed by atoms with van der Waals surface area (Å²) in [7, 11) is 5.60. The van der Waals surface area contributed by atoms with Crippen LogP contribution in [-0.2, 0) is 0 Å². The van der Waals surface area contributed by atoms with Crippen LogP contribution in [-0.4, -0.2) is 45.2 Å². The predicted molar refractivity (Wildman–Crippen MR) is 107 cm³/mol. The largest absolute Gasteiger partial charge is 0.497 e. The number of anilines is 1. The highest BCUT2D eigenvalue weighted by Crippen LogP contribution is 2.32. The molecule has 1 aromatic heterocycles. The molecule has 0 fully saturated rings. The molecular formula is C20H22F2N3O2S+. The fourth-order valence-electron chi connectivity index (χ4n) is 2.85. The number of thiazole rings is 1. The molecule has 148 valence electrons. The van der Waals surface area contributed by atoms with Crippen LogP contribution in [0.3, 0.4) is 0 Å². The standard InChI is InChI=1S/C20H21F2N3O2S/c1-24(2)8-5-9-25(19(26)13-6-4-7-15(10-13)27-3)20-23-18-16(22)11-14(21)12-17(18)28-20/h4,6-7,10-12H,5,8-9H2,1-3H3/p+1. The van der Waals surface area contributed by atoms with Crippen LogP contribution in [0.15, 0.2) is 36.4 Å². The number of ether oxygens (including phenoxy) is 1. The van der Waals surface area contributed by atoms with E-state index in [0.717, 1.165) is 30.4 Å². The van der Waals surface area contributed by atoms with Gasteiger partial charge < -0.3 is 9.64 Å². The first kappa shape index (κ1) is 20.2. The second kappa shape index (κ2) is 8.62. The Labute approximate surface area is 166 Å². The minimum atomic E-state index is -0.732. The summed E-state index contributed by atoms with van der Waals surface area (Å²) in [5.74, 6) is -1.08. The topological polar surface area (TPSA) is 46.9 Å². The van der Waals surface area contributed by atoms with Gasteiger partial charge in [-0.25, -0.2) is 13.8 Å². The minimum Gasteiger partial charge on any atom is -0.497 e. The van der Waals surface area contributed by atoms with Crippen molar-refractivity contribution in [2.24, 2.45) is 0 Å². The van der Waals surface area contributed by atoms with Gasteiger partial charge in [-0.2, -0.15) is 0 Å². The average molecular weight is 406 g/mol. The van der Waals surface area contributed by atoms with Gasteiger partial charge in [-0.05, 0) is 24.3 Å². The van der Waals surface area contributed by atoms with Crippen LogP contribution in [0.1, 0.15) is 16.8 Å². The fraction of sp³-hybridized carbons (Fsp3) is 0.300. The number of nitrogens with one attached hydrogen (secondary N) is 1. The molecule has 0 unspecified atom stereocenters. The molecule has 0 aliphatic heterocycles. The van der Waals surface area contributed by atoms with E-state index >= 15 is 0 Å². The highest BCUT2D eigenvalue weighted by atomic mass is 32.1. The summed E-state index contributed by atoms with van der Waals surface area (Å²) in [5, 5.41) is 0.348. The third-order valence-corrected chi connectivity index (χ3v) is 5.28. The van der Waals surface area contributed by atoms with Gasteiger partial charge >= 0.3 is 0 Å². The van der Waals surface area contributed by atoms with Crippen LogP contribution in [0.4, 0.5) is 13.9 Å². The van der Waals surface area contributed by atoms with Crippen molar-refractivity contribution in [2.75, 3.05) is 39.2 Å². The number of carbonyl (C=O) groups is 1. The van der Waals surface area contributed by atoms with E-state index in [-0.39, 0.29) is 11.4 Å². The summed E-state index contributed by atoms with van der Waals surface area (Å²) in [4.78, 5) is 20.2. The molecule has 0 saturated carbocycles. The Balaban J connectivity index is 1.98. The summed E-state index contributed by atoms with van der Waals surface area (Å²) in [5.41, 5.74) is 0.519. The average Bonchev–Trinajstić information content (AvgIpc) is 3.08. The van der Waals surface area contributed by atoms with Gasteiger partial charge in [0.05, 0.1) is 32.4 Å². The molecule has 0 spiro atoms. The number of methoxy groups -OCH3 is 1. The monoisotopic (exact) mass is 406 g/mol. The lowest BCUT2D eigenvalue weighted by atomic mass is 10.2. The van der Waals surface area contributed by atoms with Crippen LogP contribution in [0, 0.1) is 11.6 Å². The van der Waals surface area contributed by atoms with Crippen LogP contribution < -0.4 is 14.5 Å². The van der Waals surface area contributed by atoms with Crippen molar-refractivity contribution in [3.05, 3.63) is 53.6 Å². The van der Waals surface area contributed by atoms with Crippen molar-refractivity contribution in [1.82, 2.24) is 4.98 Å². The normalized spacial score (nSPS) is 11.2. The van der Waals surface area contributed by atoms with Gasteiger partial charge in [-0.3, -0.25) is 9.69 Å². The number of halogens is 2. The first-order chi connectivity index (χ1) is 13.4. The third kappa shape index (κ3) is 4.45. The molecule has 0 aliphatic carbocycles. The molecule has 0 bridgehead atoms. The minimum absolute atomic E-state index is 0.0723. The zero-order valence-electron chi connectivity index (χ0n) is 16.0. The molecule has 2 aromatic carbocycles. The first-order valence-corrected chi connectivity index (χ1v) is 9.71. The lowest BCUT2D eigenvalue weighted by Gasteiger charge is -2.20. The lowest BCUT2D eigenvalue weighted by Crippen LogP contribution is -3.05. The number of benzene rings is 2. The second-order valence-electron chi connectivity index (χ2n) is 6.73. The summed E-state index contributed by atoms with van der Waals surface area (Å²) in [6.07, 6.45) is 0.741. The van der Waals surface area contributed by atoms with Crippen LogP contribution in [0.2, 0.25) is 0 Å². The van der Waals surface area contributed by atoms with E-state index in [9.17, 15) is 13.6 Å². The molecule has 3 aromatic rings. The second-order valence-corrected chi connectivity index (χ2v) is 7.74. The number of amides is 1. The molecule has 8 heteroatoms. The van der Waals surface area contributed by atoms with E-state index in [4.69, 9.17) is 4.74 Å². The van der Waals surface area contributed by atoms with Gasteiger partial charge in [0.15, 0.2) is 10.9 Å². The van der Waals surface area contributed by atoms with Gasteiger partial charge in [0.2, 0.25) is 0 Å². The maximum atomic E-state index is 14.1.